The average molecular weight is 396 g/mol. The third-order valence-corrected chi connectivity index (χ3v) is 6.22. The van der Waals surface area contributed by atoms with Crippen LogP contribution in [0, 0.1) is 0 Å². The van der Waals surface area contributed by atoms with E-state index in [0.717, 1.165) is 40.4 Å². The Hall–Kier alpha value is -2.50. The number of carbonyl (C=O) groups is 1. The van der Waals surface area contributed by atoms with Gasteiger partial charge < -0.3 is 15.1 Å². The van der Waals surface area contributed by atoms with Crippen LogP contribution in [0.4, 0.5) is 0 Å². The number of nitrogens with one attached hydrogen (secondary N) is 1. The number of hydrogen-bond donors (Lipinski definition) is 1. The number of hydrogen-bond acceptors (Lipinski definition) is 4. The third kappa shape index (κ3) is 2.77. The molecule has 6 heteroatoms. The first-order valence-corrected chi connectivity index (χ1v) is 10.0. The van der Waals surface area contributed by atoms with Crippen molar-refractivity contribution in [1.82, 2.24) is 15.3 Å². The highest BCUT2D eigenvalue weighted by atomic mass is 35.5. The zero-order chi connectivity index (χ0) is 19.3. The van der Waals surface area contributed by atoms with E-state index >= 15 is 0 Å². The molecule has 2 aromatic rings. The number of carbonyl (C=O) groups excluding carboxylic acids is 1. The van der Waals surface area contributed by atoms with E-state index in [1.165, 1.54) is 0 Å². The van der Waals surface area contributed by atoms with Crippen LogP contribution in [0.3, 0.4) is 0 Å². The normalized spacial score (nSPS) is 22.7. The summed E-state index contributed by atoms with van der Waals surface area (Å²) in [5, 5.41) is 2.96. The van der Waals surface area contributed by atoms with Gasteiger partial charge >= 0.3 is 0 Å². The Labute approximate surface area is 169 Å². The first-order chi connectivity index (χ1) is 13.6. The van der Waals surface area contributed by atoms with E-state index in [4.69, 9.17) is 16.3 Å². The SMILES string of the molecule is CC(=O)N1CCC2(CC1)Oc1ccccc1[C@H]1C=C(c3ccc(Cl)cc3)NN12. The van der Waals surface area contributed by atoms with Gasteiger partial charge in [0.15, 0.2) is 5.72 Å². The van der Waals surface area contributed by atoms with Crippen molar-refractivity contribution in [2.45, 2.75) is 31.5 Å². The van der Waals surface area contributed by atoms with Crippen LogP contribution in [-0.2, 0) is 4.79 Å². The monoisotopic (exact) mass is 395 g/mol. The van der Waals surface area contributed by atoms with Crippen LogP contribution in [0.25, 0.3) is 5.70 Å². The fourth-order valence-corrected chi connectivity index (χ4v) is 4.56. The molecule has 28 heavy (non-hydrogen) atoms. The van der Waals surface area contributed by atoms with Gasteiger partial charge in [0, 0.05) is 43.4 Å². The number of halogens is 1. The molecule has 2 aromatic carbocycles. The summed E-state index contributed by atoms with van der Waals surface area (Å²) in [7, 11) is 0. The van der Waals surface area contributed by atoms with Crippen molar-refractivity contribution in [2.75, 3.05) is 13.1 Å². The standard InChI is InChI=1S/C22H22ClN3O2/c1-15(27)25-12-10-22(11-13-25)26-20(18-4-2-3-5-21(18)28-22)14-19(24-26)16-6-8-17(23)9-7-16/h2-9,14,20,24H,10-13H2,1H3/t20-/m1/s1. The van der Waals surface area contributed by atoms with Gasteiger partial charge in [0.05, 0.1) is 11.7 Å². The highest BCUT2D eigenvalue weighted by molar-refractivity contribution is 6.30. The van der Waals surface area contributed by atoms with Gasteiger partial charge in [0.25, 0.3) is 0 Å². The van der Waals surface area contributed by atoms with Gasteiger partial charge in [-0.25, -0.2) is 0 Å². The molecule has 0 bridgehead atoms. The number of nitrogens with zero attached hydrogens (tertiary/aromatic N) is 2. The van der Waals surface area contributed by atoms with E-state index in [1.807, 2.05) is 47.4 Å². The van der Waals surface area contributed by atoms with E-state index in [9.17, 15) is 4.79 Å². The molecule has 5 rings (SSSR count). The Bertz CT molecular complexity index is 949. The predicted molar refractivity (Wildman–Crippen MR) is 108 cm³/mol. The van der Waals surface area contributed by atoms with E-state index in [0.29, 0.717) is 13.1 Å². The number of ether oxygens (including phenoxy) is 1. The quantitative estimate of drug-likeness (QED) is 0.793. The minimum absolute atomic E-state index is 0.0829. The Kier molecular flexibility index (Phi) is 4.11. The van der Waals surface area contributed by atoms with E-state index in [1.54, 1.807) is 6.92 Å². The van der Waals surface area contributed by atoms with Gasteiger partial charge in [0.2, 0.25) is 5.91 Å². The van der Waals surface area contributed by atoms with Crippen LogP contribution in [0.5, 0.6) is 5.75 Å². The maximum Gasteiger partial charge on any atom is 0.219 e. The van der Waals surface area contributed by atoms with Gasteiger partial charge in [-0.1, -0.05) is 41.9 Å². The van der Waals surface area contributed by atoms with Crippen molar-refractivity contribution in [1.29, 1.82) is 0 Å². The first-order valence-electron chi connectivity index (χ1n) is 9.63. The molecule has 144 valence electrons. The summed E-state index contributed by atoms with van der Waals surface area (Å²) >= 11 is 6.06. The van der Waals surface area contributed by atoms with Gasteiger partial charge in [-0.05, 0) is 29.8 Å². The van der Waals surface area contributed by atoms with Gasteiger partial charge in [0.1, 0.15) is 5.75 Å². The van der Waals surface area contributed by atoms with Crippen LogP contribution in [0.15, 0.2) is 54.6 Å². The second-order valence-electron chi connectivity index (χ2n) is 7.61. The fraction of sp³-hybridized carbons (Fsp3) is 0.318. The Morgan fingerprint density at radius 3 is 2.57 bits per heavy atom. The maximum absolute atomic E-state index is 11.8. The summed E-state index contributed by atoms with van der Waals surface area (Å²) in [5.41, 5.74) is 6.41. The zero-order valence-corrected chi connectivity index (χ0v) is 16.4. The molecule has 1 N–H and O–H groups in total. The number of fused-ring (bicyclic) bond motifs is 4. The van der Waals surface area contributed by atoms with Crippen molar-refractivity contribution in [2.24, 2.45) is 0 Å². The predicted octanol–water partition coefficient (Wildman–Crippen LogP) is 3.97. The summed E-state index contributed by atoms with van der Waals surface area (Å²) in [5.74, 6) is 1.05. The zero-order valence-electron chi connectivity index (χ0n) is 15.7. The summed E-state index contributed by atoms with van der Waals surface area (Å²) in [4.78, 5) is 13.7. The van der Waals surface area contributed by atoms with Gasteiger partial charge in [-0.2, -0.15) is 5.01 Å². The maximum atomic E-state index is 11.8. The minimum atomic E-state index is -0.477. The number of hydrazine groups is 1. The molecule has 1 fully saturated rings. The highest BCUT2D eigenvalue weighted by Gasteiger charge is 2.51. The number of rotatable bonds is 1. The summed E-state index contributed by atoms with van der Waals surface area (Å²) < 4.78 is 6.58. The largest absolute Gasteiger partial charge is 0.470 e. The van der Waals surface area contributed by atoms with Crippen LogP contribution < -0.4 is 10.2 Å². The molecule has 0 radical (unpaired) electrons. The number of likely N-dealkylation sites (tertiary alicyclic amines) is 1. The second kappa shape index (κ2) is 6.54. The molecular weight excluding hydrogens is 374 g/mol. The number of piperidine rings is 1. The first kappa shape index (κ1) is 17.6. The smallest absolute Gasteiger partial charge is 0.219 e. The van der Waals surface area contributed by atoms with Crippen LogP contribution >= 0.6 is 11.6 Å². The molecule has 1 saturated heterocycles. The van der Waals surface area contributed by atoms with Crippen molar-refractivity contribution >= 4 is 23.2 Å². The van der Waals surface area contributed by atoms with E-state index in [2.05, 4.69) is 22.6 Å². The van der Waals surface area contributed by atoms with E-state index in [-0.39, 0.29) is 11.9 Å². The van der Waals surface area contributed by atoms with Crippen LogP contribution in [0.1, 0.15) is 36.9 Å². The lowest BCUT2D eigenvalue weighted by molar-refractivity contribution is -0.165. The molecule has 3 aliphatic heterocycles. The molecule has 1 spiro atoms. The molecular formula is C22H22ClN3O2. The number of amides is 1. The lowest BCUT2D eigenvalue weighted by Gasteiger charge is -2.51. The van der Waals surface area contributed by atoms with Crippen LogP contribution in [-0.4, -0.2) is 34.6 Å². The molecule has 0 aromatic heterocycles. The lowest BCUT2D eigenvalue weighted by Crippen LogP contribution is -2.63. The van der Waals surface area contributed by atoms with Gasteiger partial charge in [-0.3, -0.25) is 4.79 Å². The lowest BCUT2D eigenvalue weighted by atomic mass is 9.93. The fourth-order valence-electron chi connectivity index (χ4n) is 4.43. The van der Waals surface area contributed by atoms with Crippen molar-refractivity contribution in [3.05, 3.63) is 70.8 Å². The third-order valence-electron chi connectivity index (χ3n) is 5.97. The molecule has 5 nitrogen and oxygen atoms in total. The Balaban J connectivity index is 1.52. The number of benzene rings is 2. The van der Waals surface area contributed by atoms with Crippen molar-refractivity contribution < 1.29 is 9.53 Å². The average Bonchev–Trinajstić information content (AvgIpc) is 3.16. The Morgan fingerprint density at radius 2 is 1.86 bits per heavy atom. The topological polar surface area (TPSA) is 44.8 Å². The molecule has 3 aliphatic rings. The van der Waals surface area contributed by atoms with Crippen molar-refractivity contribution in [3.8, 4) is 5.75 Å². The molecule has 0 saturated carbocycles. The van der Waals surface area contributed by atoms with Gasteiger partial charge in [-0.15, -0.1) is 0 Å². The molecule has 3 heterocycles. The summed E-state index contributed by atoms with van der Waals surface area (Å²) in [6.07, 6.45) is 3.77. The minimum Gasteiger partial charge on any atom is -0.470 e. The Morgan fingerprint density at radius 1 is 1.14 bits per heavy atom. The molecule has 1 atom stereocenters. The molecule has 1 amide bonds. The number of para-hydroxylation sites is 1. The summed E-state index contributed by atoms with van der Waals surface area (Å²) in [6.45, 7) is 3.02. The van der Waals surface area contributed by atoms with Crippen LogP contribution in [0.2, 0.25) is 5.02 Å². The van der Waals surface area contributed by atoms with Crippen molar-refractivity contribution in [3.63, 3.8) is 0 Å². The molecule has 0 aliphatic carbocycles. The molecule has 0 unspecified atom stereocenters. The summed E-state index contributed by atoms with van der Waals surface area (Å²) in [6, 6.07) is 16.2. The highest BCUT2D eigenvalue weighted by Crippen LogP contribution is 2.48. The second-order valence-corrected chi connectivity index (χ2v) is 8.04. The van der Waals surface area contributed by atoms with E-state index < -0.39 is 5.72 Å².